The molecule has 0 atom stereocenters. The molecule has 0 spiro atoms. The monoisotopic (exact) mass is 310 g/mol. The highest BCUT2D eigenvalue weighted by atomic mass is 32.2. The summed E-state index contributed by atoms with van der Waals surface area (Å²) in [6.07, 6.45) is -0.617. The summed E-state index contributed by atoms with van der Waals surface area (Å²) in [6.45, 7) is 0.271. The van der Waals surface area contributed by atoms with E-state index in [1.54, 1.807) is 17.8 Å². The van der Waals surface area contributed by atoms with Gasteiger partial charge in [-0.05, 0) is 24.5 Å². The molecule has 3 nitrogen and oxygen atoms in total. The molecule has 2 aromatic rings. The van der Waals surface area contributed by atoms with E-state index in [4.69, 9.17) is 4.74 Å². The molecule has 0 bridgehead atoms. The SMILES string of the molecule is CNc1cccc(SC)c1COc1cccc(C(F)F)n1. The largest absolute Gasteiger partial charge is 0.473 e. The molecule has 112 valence electrons. The minimum atomic E-state index is -2.60. The minimum absolute atomic E-state index is 0.200. The van der Waals surface area contributed by atoms with Gasteiger partial charge < -0.3 is 10.1 Å². The fourth-order valence-electron chi connectivity index (χ4n) is 1.92. The molecule has 1 aromatic heterocycles. The summed E-state index contributed by atoms with van der Waals surface area (Å²) in [7, 11) is 1.83. The van der Waals surface area contributed by atoms with Crippen LogP contribution in [0.4, 0.5) is 14.5 Å². The van der Waals surface area contributed by atoms with Crippen LogP contribution in [-0.4, -0.2) is 18.3 Å². The van der Waals surface area contributed by atoms with Crippen molar-refractivity contribution in [3.63, 3.8) is 0 Å². The van der Waals surface area contributed by atoms with E-state index in [1.807, 2.05) is 31.5 Å². The van der Waals surface area contributed by atoms with Gasteiger partial charge in [-0.3, -0.25) is 0 Å². The first-order chi connectivity index (χ1) is 10.2. The molecule has 1 N–H and O–H groups in total. The van der Waals surface area contributed by atoms with Crippen LogP contribution >= 0.6 is 11.8 Å². The maximum atomic E-state index is 12.6. The lowest BCUT2D eigenvalue weighted by Gasteiger charge is -2.14. The van der Waals surface area contributed by atoms with Crippen molar-refractivity contribution in [1.82, 2.24) is 4.98 Å². The molecule has 0 aliphatic rings. The van der Waals surface area contributed by atoms with Crippen molar-refractivity contribution in [2.75, 3.05) is 18.6 Å². The third kappa shape index (κ3) is 3.85. The van der Waals surface area contributed by atoms with Crippen LogP contribution < -0.4 is 10.1 Å². The van der Waals surface area contributed by atoms with E-state index in [0.717, 1.165) is 16.1 Å². The molecule has 21 heavy (non-hydrogen) atoms. The van der Waals surface area contributed by atoms with Crippen LogP contribution in [0.1, 0.15) is 17.7 Å². The second kappa shape index (κ2) is 7.26. The van der Waals surface area contributed by atoms with Crippen molar-refractivity contribution in [2.24, 2.45) is 0 Å². The number of nitrogens with zero attached hydrogens (tertiary/aromatic N) is 1. The maximum Gasteiger partial charge on any atom is 0.280 e. The van der Waals surface area contributed by atoms with Gasteiger partial charge in [0.2, 0.25) is 5.88 Å². The average molecular weight is 310 g/mol. The summed E-state index contributed by atoms with van der Waals surface area (Å²) >= 11 is 1.61. The van der Waals surface area contributed by atoms with Gasteiger partial charge in [0.25, 0.3) is 6.43 Å². The predicted octanol–water partition coefficient (Wildman–Crippen LogP) is 4.36. The van der Waals surface area contributed by atoms with E-state index in [9.17, 15) is 8.78 Å². The number of alkyl halides is 2. The quantitative estimate of drug-likeness (QED) is 0.804. The number of aromatic nitrogens is 1. The summed E-state index contributed by atoms with van der Waals surface area (Å²) < 4.78 is 30.8. The number of hydrogen-bond donors (Lipinski definition) is 1. The first-order valence-electron chi connectivity index (χ1n) is 6.37. The Morgan fingerprint density at radius 2 is 2.00 bits per heavy atom. The van der Waals surface area contributed by atoms with Gasteiger partial charge in [0.15, 0.2) is 0 Å². The molecule has 0 aliphatic heterocycles. The topological polar surface area (TPSA) is 34.1 Å². The molecule has 0 unspecified atom stereocenters. The van der Waals surface area contributed by atoms with E-state index in [2.05, 4.69) is 10.3 Å². The number of rotatable bonds is 6. The molecule has 2 rings (SSSR count). The number of halogens is 2. The number of nitrogens with one attached hydrogen (secondary N) is 1. The lowest BCUT2D eigenvalue weighted by atomic mass is 10.2. The van der Waals surface area contributed by atoms with Crippen molar-refractivity contribution in [3.8, 4) is 5.88 Å². The highest BCUT2D eigenvalue weighted by Crippen LogP contribution is 2.28. The van der Waals surface area contributed by atoms with E-state index < -0.39 is 6.43 Å². The first-order valence-corrected chi connectivity index (χ1v) is 7.59. The highest BCUT2D eigenvalue weighted by Gasteiger charge is 2.11. The summed E-state index contributed by atoms with van der Waals surface area (Å²) in [5, 5.41) is 3.10. The van der Waals surface area contributed by atoms with E-state index in [-0.39, 0.29) is 18.2 Å². The van der Waals surface area contributed by atoms with Gasteiger partial charge in [-0.2, -0.15) is 0 Å². The molecule has 0 amide bonds. The third-order valence-corrected chi connectivity index (χ3v) is 3.78. The van der Waals surface area contributed by atoms with E-state index in [0.29, 0.717) is 0 Å². The highest BCUT2D eigenvalue weighted by molar-refractivity contribution is 7.98. The van der Waals surface area contributed by atoms with Crippen LogP contribution in [0.25, 0.3) is 0 Å². The molecular formula is C15H16F2N2OS. The van der Waals surface area contributed by atoms with Crippen LogP contribution in [0.5, 0.6) is 5.88 Å². The van der Waals surface area contributed by atoms with Crippen LogP contribution in [0, 0.1) is 0 Å². The van der Waals surface area contributed by atoms with Gasteiger partial charge in [0.1, 0.15) is 12.3 Å². The second-order valence-electron chi connectivity index (χ2n) is 4.23. The fourth-order valence-corrected chi connectivity index (χ4v) is 2.55. The Kier molecular flexibility index (Phi) is 5.38. The summed E-state index contributed by atoms with van der Waals surface area (Å²) in [5.74, 6) is 0.200. The summed E-state index contributed by atoms with van der Waals surface area (Å²) in [5.41, 5.74) is 1.66. The lowest BCUT2D eigenvalue weighted by molar-refractivity contribution is 0.144. The molecule has 0 fully saturated rings. The lowest BCUT2D eigenvalue weighted by Crippen LogP contribution is -2.04. The number of ether oxygens (including phenoxy) is 1. The number of anilines is 1. The predicted molar refractivity (Wildman–Crippen MR) is 81.3 cm³/mol. The zero-order valence-corrected chi connectivity index (χ0v) is 12.6. The maximum absolute atomic E-state index is 12.6. The third-order valence-electron chi connectivity index (χ3n) is 2.96. The Balaban J connectivity index is 2.18. The standard InChI is InChI=1S/C15H16F2N2OS/c1-18-11-5-3-7-13(21-2)10(11)9-20-14-8-4-6-12(19-14)15(16)17/h3-8,15,18H,9H2,1-2H3. The van der Waals surface area contributed by atoms with Gasteiger partial charge >= 0.3 is 0 Å². The number of thioether (sulfide) groups is 1. The van der Waals surface area contributed by atoms with Gasteiger partial charge in [-0.25, -0.2) is 13.8 Å². The Hall–Kier alpha value is -1.82. The average Bonchev–Trinajstić information content (AvgIpc) is 2.52. The van der Waals surface area contributed by atoms with Gasteiger partial charge in [-0.15, -0.1) is 11.8 Å². The van der Waals surface area contributed by atoms with Crippen molar-refractivity contribution in [2.45, 2.75) is 17.9 Å². The Morgan fingerprint density at radius 3 is 2.67 bits per heavy atom. The molecule has 0 aliphatic carbocycles. The van der Waals surface area contributed by atoms with Crippen LogP contribution in [0.15, 0.2) is 41.3 Å². The van der Waals surface area contributed by atoms with E-state index >= 15 is 0 Å². The zero-order chi connectivity index (χ0) is 15.2. The van der Waals surface area contributed by atoms with Gasteiger partial charge in [0, 0.05) is 29.3 Å². The normalized spacial score (nSPS) is 10.7. The second-order valence-corrected chi connectivity index (χ2v) is 5.07. The van der Waals surface area contributed by atoms with Crippen LogP contribution in [0.3, 0.4) is 0 Å². The molecule has 0 saturated carbocycles. The summed E-state index contributed by atoms with van der Waals surface area (Å²) in [6, 6.07) is 10.3. The van der Waals surface area contributed by atoms with Crippen LogP contribution in [-0.2, 0) is 6.61 Å². The molecule has 6 heteroatoms. The Morgan fingerprint density at radius 1 is 1.24 bits per heavy atom. The minimum Gasteiger partial charge on any atom is -0.473 e. The smallest absolute Gasteiger partial charge is 0.280 e. The van der Waals surface area contributed by atoms with Crippen molar-refractivity contribution in [1.29, 1.82) is 0 Å². The molecule has 0 saturated heterocycles. The number of pyridine rings is 1. The fraction of sp³-hybridized carbons (Fsp3) is 0.267. The van der Waals surface area contributed by atoms with Crippen molar-refractivity contribution in [3.05, 3.63) is 47.7 Å². The number of hydrogen-bond acceptors (Lipinski definition) is 4. The Labute approximate surface area is 126 Å². The Bertz CT molecular complexity index is 586. The number of benzene rings is 1. The zero-order valence-electron chi connectivity index (χ0n) is 11.8. The van der Waals surface area contributed by atoms with Crippen molar-refractivity contribution >= 4 is 17.4 Å². The molecule has 0 radical (unpaired) electrons. The van der Waals surface area contributed by atoms with Crippen LogP contribution in [0.2, 0.25) is 0 Å². The van der Waals surface area contributed by atoms with Gasteiger partial charge in [0.05, 0.1) is 0 Å². The molecule has 1 heterocycles. The first kappa shape index (κ1) is 15.6. The van der Waals surface area contributed by atoms with Crippen molar-refractivity contribution < 1.29 is 13.5 Å². The van der Waals surface area contributed by atoms with E-state index in [1.165, 1.54) is 12.1 Å². The van der Waals surface area contributed by atoms with Gasteiger partial charge in [-0.1, -0.05) is 12.1 Å². The molecule has 1 aromatic carbocycles. The molecular weight excluding hydrogens is 294 g/mol. The summed E-state index contributed by atoms with van der Waals surface area (Å²) in [4.78, 5) is 4.87.